The molecule has 0 aliphatic heterocycles. The first-order chi connectivity index (χ1) is 16.5. The molecule has 4 rings (SSSR count). The van der Waals surface area contributed by atoms with Crippen molar-refractivity contribution in [2.45, 2.75) is 32.7 Å². The summed E-state index contributed by atoms with van der Waals surface area (Å²) in [6.07, 6.45) is 0.870. The first kappa shape index (κ1) is 23.1. The van der Waals surface area contributed by atoms with E-state index in [0.29, 0.717) is 34.6 Å². The van der Waals surface area contributed by atoms with E-state index in [-0.39, 0.29) is 30.0 Å². The molecule has 11 heteroatoms. The lowest BCUT2D eigenvalue weighted by Gasteiger charge is -2.11. The minimum atomic E-state index is -0.628. The molecular formula is C23H21ClN6O4. The van der Waals surface area contributed by atoms with Gasteiger partial charge in [0.25, 0.3) is 11.5 Å². The largest absolute Gasteiger partial charge is 0.339 e. The van der Waals surface area contributed by atoms with Gasteiger partial charge in [0.1, 0.15) is 0 Å². The molecule has 2 amide bonds. The van der Waals surface area contributed by atoms with Crippen LogP contribution in [0.15, 0.2) is 57.8 Å². The summed E-state index contributed by atoms with van der Waals surface area (Å²) in [7, 11) is 0. The van der Waals surface area contributed by atoms with Gasteiger partial charge < -0.3 is 4.52 Å². The van der Waals surface area contributed by atoms with Crippen LogP contribution in [0.2, 0.25) is 5.02 Å². The number of amides is 2. The van der Waals surface area contributed by atoms with Crippen LogP contribution < -0.4 is 16.4 Å². The van der Waals surface area contributed by atoms with Crippen LogP contribution in [0.25, 0.3) is 22.2 Å². The molecule has 0 aliphatic rings. The number of halogens is 1. The van der Waals surface area contributed by atoms with E-state index in [1.165, 1.54) is 4.68 Å². The molecule has 2 heterocycles. The van der Waals surface area contributed by atoms with Crippen molar-refractivity contribution in [1.82, 2.24) is 30.8 Å². The molecule has 34 heavy (non-hydrogen) atoms. The molecule has 0 fully saturated rings. The van der Waals surface area contributed by atoms with Gasteiger partial charge in [-0.3, -0.25) is 25.2 Å². The second-order valence-corrected chi connectivity index (χ2v) is 7.88. The number of hydrogen-bond acceptors (Lipinski definition) is 7. The van der Waals surface area contributed by atoms with E-state index in [9.17, 15) is 14.4 Å². The Hall–Kier alpha value is -4.05. The molecule has 0 atom stereocenters. The number of hydrogen-bond donors (Lipinski definition) is 2. The van der Waals surface area contributed by atoms with Crippen molar-refractivity contribution in [3.63, 3.8) is 0 Å². The maximum absolute atomic E-state index is 12.7. The predicted molar refractivity (Wildman–Crippen MR) is 125 cm³/mol. The smallest absolute Gasteiger partial charge is 0.290 e. The van der Waals surface area contributed by atoms with Gasteiger partial charge in [0.15, 0.2) is 5.69 Å². The molecule has 2 N–H and O–H groups in total. The summed E-state index contributed by atoms with van der Waals surface area (Å²) in [6.45, 7) is 2.28. The minimum absolute atomic E-state index is 0.00599. The number of aromatic nitrogens is 4. The quantitative estimate of drug-likeness (QED) is 0.388. The van der Waals surface area contributed by atoms with E-state index in [1.807, 2.05) is 6.92 Å². The number of benzene rings is 2. The molecule has 174 valence electrons. The minimum Gasteiger partial charge on any atom is -0.339 e. The molecule has 0 spiro atoms. The fraction of sp³-hybridized carbons (Fsp3) is 0.217. The summed E-state index contributed by atoms with van der Waals surface area (Å²) in [5, 5.41) is 9.49. The molecule has 0 aliphatic carbocycles. The van der Waals surface area contributed by atoms with E-state index in [0.717, 1.165) is 5.56 Å². The fourth-order valence-electron chi connectivity index (χ4n) is 3.31. The summed E-state index contributed by atoms with van der Waals surface area (Å²) in [5.74, 6) is -0.408. The highest BCUT2D eigenvalue weighted by atomic mass is 35.5. The van der Waals surface area contributed by atoms with Crippen molar-refractivity contribution in [3.05, 3.63) is 75.5 Å². The molecule has 0 radical (unpaired) electrons. The summed E-state index contributed by atoms with van der Waals surface area (Å²) in [4.78, 5) is 41.8. The Bertz CT molecular complexity index is 1400. The van der Waals surface area contributed by atoms with Gasteiger partial charge in [0.05, 0.1) is 5.39 Å². The number of nitrogens with one attached hydrogen (secondary N) is 2. The maximum atomic E-state index is 12.7. The summed E-state index contributed by atoms with van der Waals surface area (Å²) < 4.78 is 6.44. The van der Waals surface area contributed by atoms with Crippen molar-refractivity contribution in [2.24, 2.45) is 0 Å². The standard InChI is InChI=1S/C23H21ClN6O4/c1-2-13-30-23(33)17-6-4-3-5-16(17)20(28-30)22(32)27-26-18(31)11-12-19-25-21(29-34-19)14-7-9-15(24)10-8-14/h3-10H,2,11-13H2,1H3,(H,26,31)(H,27,32). The topological polar surface area (TPSA) is 132 Å². The number of carbonyl (C=O) groups excluding carboxylic acids is 2. The number of nitrogens with zero attached hydrogens (tertiary/aromatic N) is 4. The first-order valence-electron chi connectivity index (χ1n) is 10.6. The van der Waals surface area contributed by atoms with Crippen LogP contribution in [0.5, 0.6) is 0 Å². The Morgan fingerprint density at radius 2 is 1.79 bits per heavy atom. The zero-order valence-electron chi connectivity index (χ0n) is 18.2. The molecule has 10 nitrogen and oxygen atoms in total. The lowest BCUT2D eigenvalue weighted by atomic mass is 10.1. The number of hydrazine groups is 1. The molecule has 0 saturated heterocycles. The number of rotatable bonds is 7. The maximum Gasteiger partial charge on any atom is 0.290 e. The Morgan fingerprint density at radius 1 is 1.06 bits per heavy atom. The van der Waals surface area contributed by atoms with Gasteiger partial charge in [-0.05, 0) is 36.8 Å². The SMILES string of the molecule is CCCn1nc(C(=O)NNC(=O)CCc2nc(-c3ccc(Cl)cc3)no2)c2ccccc2c1=O. The fourth-order valence-corrected chi connectivity index (χ4v) is 3.43. The molecular weight excluding hydrogens is 460 g/mol. The molecule has 4 aromatic rings. The third kappa shape index (κ3) is 5.12. The molecule has 2 aromatic heterocycles. The van der Waals surface area contributed by atoms with E-state index < -0.39 is 11.8 Å². The lowest BCUT2D eigenvalue weighted by molar-refractivity contribution is -0.121. The summed E-state index contributed by atoms with van der Waals surface area (Å²) >= 11 is 5.88. The number of fused-ring (bicyclic) bond motifs is 1. The van der Waals surface area contributed by atoms with Gasteiger partial charge in [-0.15, -0.1) is 0 Å². The summed E-state index contributed by atoms with van der Waals surface area (Å²) in [6, 6.07) is 13.7. The van der Waals surface area contributed by atoms with Gasteiger partial charge in [0.2, 0.25) is 17.6 Å². The second-order valence-electron chi connectivity index (χ2n) is 7.44. The van der Waals surface area contributed by atoms with Crippen LogP contribution in [0.1, 0.15) is 36.1 Å². The number of aryl methyl sites for hydroxylation is 2. The van der Waals surface area contributed by atoms with Crippen molar-refractivity contribution in [3.8, 4) is 11.4 Å². The van der Waals surface area contributed by atoms with Crippen LogP contribution in [0, 0.1) is 0 Å². The highest BCUT2D eigenvalue weighted by Gasteiger charge is 2.17. The van der Waals surface area contributed by atoms with E-state index in [1.54, 1.807) is 48.5 Å². The van der Waals surface area contributed by atoms with Gasteiger partial charge in [0, 0.05) is 35.4 Å². The highest BCUT2D eigenvalue weighted by molar-refractivity contribution is 6.30. The zero-order chi connectivity index (χ0) is 24.1. The monoisotopic (exact) mass is 480 g/mol. The van der Waals surface area contributed by atoms with Gasteiger partial charge in [-0.1, -0.05) is 41.9 Å². The van der Waals surface area contributed by atoms with Crippen LogP contribution in [0.4, 0.5) is 0 Å². The highest BCUT2D eigenvalue weighted by Crippen LogP contribution is 2.19. The Labute approximate surface area is 198 Å². The molecule has 0 bridgehead atoms. The van der Waals surface area contributed by atoms with Crippen LogP contribution in [-0.4, -0.2) is 31.7 Å². The second kappa shape index (κ2) is 10.3. The average molecular weight is 481 g/mol. The van der Waals surface area contributed by atoms with E-state index in [2.05, 4.69) is 26.1 Å². The van der Waals surface area contributed by atoms with Gasteiger partial charge in [-0.2, -0.15) is 10.1 Å². The van der Waals surface area contributed by atoms with Gasteiger partial charge in [-0.25, -0.2) is 4.68 Å². The lowest BCUT2D eigenvalue weighted by Crippen LogP contribution is -2.43. The zero-order valence-corrected chi connectivity index (χ0v) is 19.0. The predicted octanol–water partition coefficient (Wildman–Crippen LogP) is 2.90. The number of carbonyl (C=O) groups is 2. The van der Waals surface area contributed by atoms with Crippen molar-refractivity contribution < 1.29 is 14.1 Å². The van der Waals surface area contributed by atoms with E-state index >= 15 is 0 Å². The van der Waals surface area contributed by atoms with Crippen LogP contribution >= 0.6 is 11.6 Å². The molecule has 0 saturated carbocycles. The van der Waals surface area contributed by atoms with Crippen LogP contribution in [0.3, 0.4) is 0 Å². The Kier molecular flexibility index (Phi) is 6.98. The Balaban J connectivity index is 1.38. The van der Waals surface area contributed by atoms with Crippen molar-refractivity contribution >= 4 is 34.2 Å². The molecule has 0 unspecified atom stereocenters. The van der Waals surface area contributed by atoms with Crippen LogP contribution in [-0.2, 0) is 17.8 Å². The van der Waals surface area contributed by atoms with E-state index in [4.69, 9.17) is 16.1 Å². The van der Waals surface area contributed by atoms with Crippen molar-refractivity contribution in [1.29, 1.82) is 0 Å². The third-order valence-corrected chi connectivity index (χ3v) is 5.22. The molecule has 2 aromatic carbocycles. The van der Waals surface area contributed by atoms with Gasteiger partial charge >= 0.3 is 0 Å². The van der Waals surface area contributed by atoms with Crippen molar-refractivity contribution in [2.75, 3.05) is 0 Å². The third-order valence-electron chi connectivity index (χ3n) is 4.97. The first-order valence-corrected chi connectivity index (χ1v) is 11.0. The average Bonchev–Trinajstić information content (AvgIpc) is 3.32. The Morgan fingerprint density at radius 3 is 2.53 bits per heavy atom. The summed E-state index contributed by atoms with van der Waals surface area (Å²) in [5.41, 5.74) is 5.23. The normalized spacial score (nSPS) is 10.9.